The Morgan fingerprint density at radius 1 is 1.16 bits per heavy atom. The van der Waals surface area contributed by atoms with E-state index in [1.807, 2.05) is 22.6 Å². The predicted molar refractivity (Wildman–Crippen MR) is 77.9 cm³/mol. The highest BCUT2D eigenvalue weighted by molar-refractivity contribution is 14.1. The molecule has 0 unspecified atom stereocenters. The number of carbonyl (C=O) groups excluding carboxylic acids is 1. The van der Waals surface area contributed by atoms with Crippen LogP contribution in [0.15, 0.2) is 36.4 Å². The third-order valence-corrected chi connectivity index (χ3v) is 3.39. The quantitative estimate of drug-likeness (QED) is 0.626. The second-order valence-electron chi connectivity index (χ2n) is 3.79. The molecule has 2 aromatic carbocycles. The molecule has 0 atom stereocenters. The summed E-state index contributed by atoms with van der Waals surface area (Å²) in [4.78, 5) is 12.0. The van der Waals surface area contributed by atoms with Gasteiger partial charge in [-0.1, -0.05) is 12.1 Å². The van der Waals surface area contributed by atoms with E-state index in [0.717, 1.165) is 9.64 Å². The maximum Gasteiger partial charge on any atom is 0.256 e. The second kappa shape index (κ2) is 5.52. The summed E-state index contributed by atoms with van der Waals surface area (Å²) < 4.78 is 27.2. The largest absolute Gasteiger partial charge is 0.396 e. The van der Waals surface area contributed by atoms with Crippen molar-refractivity contribution in [1.29, 1.82) is 0 Å². The van der Waals surface area contributed by atoms with Crippen LogP contribution in [0.3, 0.4) is 0 Å². The van der Waals surface area contributed by atoms with Gasteiger partial charge in [0.25, 0.3) is 5.91 Å². The molecule has 0 aliphatic carbocycles. The van der Waals surface area contributed by atoms with Crippen molar-refractivity contribution in [1.82, 2.24) is 0 Å². The van der Waals surface area contributed by atoms with Gasteiger partial charge >= 0.3 is 0 Å². The number of nitrogens with two attached hydrogens (primary N) is 1. The molecule has 2 aromatic rings. The Balaban J connectivity index is 2.30. The third-order valence-electron chi connectivity index (χ3n) is 2.45. The van der Waals surface area contributed by atoms with Crippen LogP contribution >= 0.6 is 22.6 Å². The number of hydrogen-bond donors (Lipinski definition) is 2. The average molecular weight is 374 g/mol. The predicted octanol–water partition coefficient (Wildman–Crippen LogP) is 3.40. The van der Waals surface area contributed by atoms with Crippen LogP contribution in [0.2, 0.25) is 0 Å². The first kappa shape index (κ1) is 13.7. The number of rotatable bonds is 2. The number of nitrogen functional groups attached to an aromatic ring is 1. The SMILES string of the molecule is Nc1cc(NC(=O)c2ccccc2I)c(F)cc1F. The lowest BCUT2D eigenvalue weighted by atomic mass is 10.2. The minimum Gasteiger partial charge on any atom is -0.396 e. The monoisotopic (exact) mass is 374 g/mol. The summed E-state index contributed by atoms with van der Waals surface area (Å²) in [5.74, 6) is -2.20. The molecule has 0 bridgehead atoms. The normalized spacial score (nSPS) is 10.3. The minimum absolute atomic E-state index is 0.149. The van der Waals surface area contributed by atoms with Crippen molar-refractivity contribution in [3.05, 3.63) is 57.2 Å². The lowest BCUT2D eigenvalue weighted by molar-refractivity contribution is 0.102. The highest BCUT2D eigenvalue weighted by Crippen LogP contribution is 2.22. The van der Waals surface area contributed by atoms with Crippen molar-refractivity contribution in [2.75, 3.05) is 11.1 Å². The molecule has 3 N–H and O–H groups in total. The zero-order valence-corrected chi connectivity index (χ0v) is 11.7. The van der Waals surface area contributed by atoms with Crippen LogP contribution in [0, 0.1) is 15.2 Å². The Morgan fingerprint density at radius 3 is 2.53 bits per heavy atom. The summed E-state index contributed by atoms with van der Waals surface area (Å²) in [7, 11) is 0. The van der Waals surface area contributed by atoms with E-state index >= 15 is 0 Å². The standard InChI is InChI=1S/C13H9F2IN2O/c14-8-5-9(15)12(6-11(8)17)18-13(19)7-3-1-2-4-10(7)16/h1-6H,17H2,(H,18,19). The van der Waals surface area contributed by atoms with E-state index in [0.29, 0.717) is 11.6 Å². The molecule has 1 amide bonds. The second-order valence-corrected chi connectivity index (χ2v) is 4.95. The van der Waals surface area contributed by atoms with Gasteiger partial charge in [-0.25, -0.2) is 8.78 Å². The molecular formula is C13H9F2IN2O. The topological polar surface area (TPSA) is 55.1 Å². The Morgan fingerprint density at radius 2 is 1.84 bits per heavy atom. The molecule has 0 radical (unpaired) electrons. The molecule has 0 aliphatic rings. The Labute approximate surface area is 121 Å². The zero-order chi connectivity index (χ0) is 14.0. The highest BCUT2D eigenvalue weighted by atomic mass is 127. The van der Waals surface area contributed by atoms with Gasteiger partial charge in [0.2, 0.25) is 0 Å². The van der Waals surface area contributed by atoms with E-state index in [1.165, 1.54) is 0 Å². The molecule has 19 heavy (non-hydrogen) atoms. The fraction of sp³-hybridized carbons (Fsp3) is 0. The summed E-state index contributed by atoms with van der Waals surface area (Å²) in [6, 6.07) is 8.55. The fourth-order valence-corrected chi connectivity index (χ4v) is 2.13. The van der Waals surface area contributed by atoms with Crippen LogP contribution in [0.4, 0.5) is 20.2 Å². The van der Waals surface area contributed by atoms with Crippen molar-refractivity contribution in [3.63, 3.8) is 0 Å². The molecule has 0 aliphatic heterocycles. The van der Waals surface area contributed by atoms with Gasteiger partial charge < -0.3 is 11.1 Å². The van der Waals surface area contributed by atoms with Crippen LogP contribution in [0.25, 0.3) is 0 Å². The van der Waals surface area contributed by atoms with E-state index in [2.05, 4.69) is 5.32 Å². The van der Waals surface area contributed by atoms with Gasteiger partial charge in [-0.3, -0.25) is 4.79 Å². The third kappa shape index (κ3) is 3.01. The molecule has 0 heterocycles. The number of nitrogens with one attached hydrogen (secondary N) is 1. The Hall–Kier alpha value is -1.70. The molecule has 98 valence electrons. The van der Waals surface area contributed by atoms with Crippen LogP contribution < -0.4 is 11.1 Å². The summed E-state index contributed by atoms with van der Waals surface area (Å²) in [6.45, 7) is 0. The van der Waals surface area contributed by atoms with Gasteiger partial charge in [-0.15, -0.1) is 0 Å². The molecule has 0 saturated heterocycles. The summed E-state index contributed by atoms with van der Waals surface area (Å²) in [6.07, 6.45) is 0. The van der Waals surface area contributed by atoms with Crippen molar-refractivity contribution in [3.8, 4) is 0 Å². The van der Waals surface area contributed by atoms with E-state index in [4.69, 9.17) is 5.73 Å². The minimum atomic E-state index is -0.869. The van der Waals surface area contributed by atoms with Gasteiger partial charge in [0.05, 0.1) is 16.9 Å². The van der Waals surface area contributed by atoms with Crippen LogP contribution in [-0.4, -0.2) is 5.91 Å². The van der Waals surface area contributed by atoms with Gasteiger partial charge in [-0.05, 0) is 40.8 Å². The van der Waals surface area contributed by atoms with Gasteiger partial charge in [0.1, 0.15) is 11.6 Å². The van der Waals surface area contributed by atoms with Crippen LogP contribution in [0.5, 0.6) is 0 Å². The smallest absolute Gasteiger partial charge is 0.256 e. The maximum atomic E-state index is 13.5. The van der Waals surface area contributed by atoms with E-state index in [1.54, 1.807) is 24.3 Å². The van der Waals surface area contributed by atoms with Gasteiger partial charge in [0, 0.05) is 9.64 Å². The molecular weight excluding hydrogens is 365 g/mol. The van der Waals surface area contributed by atoms with E-state index in [9.17, 15) is 13.6 Å². The van der Waals surface area contributed by atoms with E-state index in [-0.39, 0.29) is 11.4 Å². The highest BCUT2D eigenvalue weighted by Gasteiger charge is 2.13. The van der Waals surface area contributed by atoms with Gasteiger partial charge in [-0.2, -0.15) is 0 Å². The molecule has 0 aromatic heterocycles. The van der Waals surface area contributed by atoms with Gasteiger partial charge in [0.15, 0.2) is 0 Å². The average Bonchev–Trinajstić information content (AvgIpc) is 2.36. The van der Waals surface area contributed by atoms with Crippen molar-refractivity contribution in [2.45, 2.75) is 0 Å². The number of anilines is 2. The summed E-state index contributed by atoms with van der Waals surface area (Å²) in [5.41, 5.74) is 5.37. The Bertz CT molecular complexity index is 647. The lowest BCUT2D eigenvalue weighted by Crippen LogP contribution is -2.14. The zero-order valence-electron chi connectivity index (χ0n) is 9.58. The number of amides is 1. The summed E-state index contributed by atoms with van der Waals surface area (Å²) >= 11 is 2.00. The first-order chi connectivity index (χ1) is 8.99. The van der Waals surface area contributed by atoms with Crippen molar-refractivity contribution in [2.24, 2.45) is 0 Å². The van der Waals surface area contributed by atoms with Crippen molar-refractivity contribution < 1.29 is 13.6 Å². The number of halogens is 3. The summed E-state index contributed by atoms with van der Waals surface area (Å²) in [5, 5.41) is 2.37. The molecule has 0 spiro atoms. The molecule has 6 heteroatoms. The van der Waals surface area contributed by atoms with E-state index < -0.39 is 17.5 Å². The number of carbonyl (C=O) groups is 1. The fourth-order valence-electron chi connectivity index (χ4n) is 1.50. The van der Waals surface area contributed by atoms with Crippen LogP contribution in [0.1, 0.15) is 10.4 Å². The molecule has 0 saturated carbocycles. The maximum absolute atomic E-state index is 13.5. The van der Waals surface area contributed by atoms with Crippen molar-refractivity contribution >= 4 is 39.9 Å². The molecule has 3 nitrogen and oxygen atoms in total. The van der Waals surface area contributed by atoms with Crippen LogP contribution in [-0.2, 0) is 0 Å². The number of benzene rings is 2. The lowest BCUT2D eigenvalue weighted by Gasteiger charge is -2.09. The first-order valence-corrected chi connectivity index (χ1v) is 6.37. The first-order valence-electron chi connectivity index (χ1n) is 5.29. The number of hydrogen-bond acceptors (Lipinski definition) is 2. The molecule has 2 rings (SSSR count). The Kier molecular flexibility index (Phi) is 3.98. The molecule has 0 fully saturated rings.